The minimum absolute atomic E-state index is 0. The maximum atomic E-state index is 3.25. The first-order valence-electron chi connectivity index (χ1n) is 5.78. The lowest BCUT2D eigenvalue weighted by Gasteiger charge is -1.98. The second-order valence-corrected chi connectivity index (χ2v) is 4.09. The molecule has 0 saturated heterocycles. The number of imidazole rings is 1. The number of nitrogens with zero attached hydrogens (tertiary/aromatic N) is 1. The number of hydrogen-bond acceptors (Lipinski definition) is 0. The van der Waals surface area contributed by atoms with Crippen molar-refractivity contribution in [1.29, 1.82) is 0 Å². The molecule has 0 amide bonds. The fourth-order valence-electron chi connectivity index (χ4n) is 1.75. The van der Waals surface area contributed by atoms with Gasteiger partial charge >= 0.3 is 0 Å². The molecule has 1 aromatic rings. The van der Waals surface area contributed by atoms with E-state index >= 15 is 0 Å². The average Bonchev–Trinajstić information content (AvgIpc) is 2.49. The SMILES string of the molecule is CCCCCCCc1c[nH]c(C)[n+]1C.[Br-]. The van der Waals surface area contributed by atoms with E-state index in [-0.39, 0.29) is 17.0 Å². The second-order valence-electron chi connectivity index (χ2n) is 4.09. The number of nitrogens with one attached hydrogen (secondary N) is 1. The minimum atomic E-state index is 0. The maximum absolute atomic E-state index is 3.25. The van der Waals surface area contributed by atoms with Crippen LogP contribution in [0.25, 0.3) is 0 Å². The van der Waals surface area contributed by atoms with Gasteiger partial charge in [-0.15, -0.1) is 0 Å². The number of aromatic nitrogens is 2. The highest BCUT2D eigenvalue weighted by atomic mass is 79.9. The van der Waals surface area contributed by atoms with Crippen LogP contribution >= 0.6 is 0 Å². The van der Waals surface area contributed by atoms with Gasteiger partial charge in [0.15, 0.2) is 0 Å². The molecule has 0 aliphatic rings. The summed E-state index contributed by atoms with van der Waals surface area (Å²) in [5.41, 5.74) is 1.43. The van der Waals surface area contributed by atoms with Crippen LogP contribution in [-0.2, 0) is 13.5 Å². The van der Waals surface area contributed by atoms with E-state index in [4.69, 9.17) is 0 Å². The van der Waals surface area contributed by atoms with Crippen LogP contribution < -0.4 is 21.5 Å². The molecule has 0 unspecified atom stereocenters. The molecule has 0 atom stereocenters. The van der Waals surface area contributed by atoms with Gasteiger partial charge in [0, 0.05) is 13.3 Å². The lowest BCUT2D eigenvalue weighted by molar-refractivity contribution is -0.683. The first-order chi connectivity index (χ1) is 6.75. The Morgan fingerprint density at radius 3 is 2.40 bits per heavy atom. The molecular formula is C12H23BrN2. The van der Waals surface area contributed by atoms with Crippen LogP contribution in [0.5, 0.6) is 0 Å². The summed E-state index contributed by atoms with van der Waals surface area (Å²) in [6.45, 7) is 4.37. The predicted molar refractivity (Wildman–Crippen MR) is 59.2 cm³/mol. The first kappa shape index (κ1) is 14.7. The molecule has 0 saturated carbocycles. The Labute approximate surface area is 104 Å². The number of halogens is 1. The molecule has 88 valence electrons. The van der Waals surface area contributed by atoms with Gasteiger partial charge in [-0.1, -0.05) is 32.6 Å². The van der Waals surface area contributed by atoms with Gasteiger partial charge in [0.05, 0.1) is 7.05 Å². The molecule has 0 bridgehead atoms. The molecule has 0 fully saturated rings. The lowest BCUT2D eigenvalue weighted by Crippen LogP contribution is -3.00. The summed E-state index contributed by atoms with van der Waals surface area (Å²) >= 11 is 0. The van der Waals surface area contributed by atoms with Crippen LogP contribution in [-0.4, -0.2) is 4.98 Å². The standard InChI is InChI=1S/C12H22N2.BrH/c1-4-5-6-7-8-9-12-10-13-11(2)14(12)3;/h10H,4-9H2,1-3H3;1H. The second kappa shape index (κ2) is 7.91. The van der Waals surface area contributed by atoms with Crippen molar-refractivity contribution in [2.24, 2.45) is 7.05 Å². The first-order valence-corrected chi connectivity index (χ1v) is 5.78. The summed E-state index contributed by atoms with van der Waals surface area (Å²) in [6, 6.07) is 0. The Morgan fingerprint density at radius 1 is 1.20 bits per heavy atom. The van der Waals surface area contributed by atoms with Crippen LogP contribution in [0, 0.1) is 6.92 Å². The molecule has 1 aromatic heterocycles. The summed E-state index contributed by atoms with van der Waals surface area (Å²) in [5.74, 6) is 1.24. The Hall–Kier alpha value is -0.310. The van der Waals surface area contributed by atoms with Gasteiger partial charge in [0.1, 0.15) is 11.9 Å². The molecule has 0 spiro atoms. The minimum Gasteiger partial charge on any atom is -1.00 e. The van der Waals surface area contributed by atoms with E-state index in [9.17, 15) is 0 Å². The molecule has 0 aromatic carbocycles. The largest absolute Gasteiger partial charge is 1.00 e. The van der Waals surface area contributed by atoms with E-state index in [1.807, 2.05) is 0 Å². The highest BCUT2D eigenvalue weighted by Crippen LogP contribution is 2.06. The van der Waals surface area contributed by atoms with Gasteiger partial charge in [-0.2, -0.15) is 0 Å². The number of hydrogen-bond donors (Lipinski definition) is 1. The third kappa shape index (κ3) is 4.83. The number of aromatic amines is 1. The van der Waals surface area contributed by atoms with Crippen molar-refractivity contribution in [2.45, 2.75) is 52.4 Å². The van der Waals surface area contributed by atoms with E-state index in [1.165, 1.54) is 50.0 Å². The van der Waals surface area contributed by atoms with Gasteiger partial charge in [0.25, 0.3) is 5.82 Å². The summed E-state index contributed by atoms with van der Waals surface area (Å²) in [7, 11) is 2.13. The van der Waals surface area contributed by atoms with Crippen LogP contribution in [0.15, 0.2) is 6.20 Å². The Morgan fingerprint density at radius 2 is 1.87 bits per heavy atom. The van der Waals surface area contributed by atoms with E-state index in [0.717, 1.165) is 0 Å². The zero-order chi connectivity index (χ0) is 10.4. The average molecular weight is 275 g/mol. The van der Waals surface area contributed by atoms with E-state index in [0.29, 0.717) is 0 Å². The molecule has 1 N–H and O–H groups in total. The molecule has 3 heteroatoms. The molecule has 15 heavy (non-hydrogen) atoms. The highest BCUT2D eigenvalue weighted by Gasteiger charge is 2.08. The molecular weight excluding hydrogens is 252 g/mol. The molecule has 2 nitrogen and oxygen atoms in total. The molecule has 0 aliphatic heterocycles. The smallest absolute Gasteiger partial charge is 0.251 e. The molecule has 0 radical (unpaired) electrons. The fraction of sp³-hybridized carbons (Fsp3) is 0.750. The summed E-state index contributed by atoms with van der Waals surface area (Å²) < 4.78 is 2.25. The number of H-pyrrole nitrogens is 1. The Balaban J connectivity index is 0.00000196. The van der Waals surface area contributed by atoms with Crippen molar-refractivity contribution in [2.75, 3.05) is 0 Å². The molecule has 0 aliphatic carbocycles. The Kier molecular flexibility index (Phi) is 7.75. The van der Waals surface area contributed by atoms with Gasteiger partial charge in [-0.25, -0.2) is 9.55 Å². The summed E-state index contributed by atoms with van der Waals surface area (Å²) in [4.78, 5) is 3.25. The van der Waals surface area contributed by atoms with Crippen molar-refractivity contribution in [1.82, 2.24) is 4.98 Å². The van der Waals surface area contributed by atoms with Crippen molar-refractivity contribution in [3.8, 4) is 0 Å². The van der Waals surface area contributed by atoms with Gasteiger partial charge < -0.3 is 17.0 Å². The fourth-order valence-corrected chi connectivity index (χ4v) is 1.75. The molecule has 1 rings (SSSR count). The highest BCUT2D eigenvalue weighted by molar-refractivity contribution is 4.89. The third-order valence-corrected chi connectivity index (χ3v) is 2.92. The third-order valence-electron chi connectivity index (χ3n) is 2.92. The predicted octanol–water partition coefficient (Wildman–Crippen LogP) is -0.335. The number of rotatable bonds is 6. The van der Waals surface area contributed by atoms with E-state index in [1.54, 1.807) is 0 Å². The van der Waals surface area contributed by atoms with Crippen molar-refractivity contribution in [3.05, 3.63) is 17.7 Å². The lowest BCUT2D eigenvalue weighted by atomic mass is 10.1. The van der Waals surface area contributed by atoms with Crippen LogP contribution in [0.4, 0.5) is 0 Å². The number of aryl methyl sites for hydroxylation is 2. The van der Waals surface area contributed by atoms with Gasteiger partial charge in [-0.05, 0) is 6.42 Å². The van der Waals surface area contributed by atoms with Gasteiger partial charge in [0.2, 0.25) is 0 Å². The van der Waals surface area contributed by atoms with Crippen molar-refractivity contribution < 1.29 is 21.5 Å². The van der Waals surface area contributed by atoms with Gasteiger partial charge in [-0.3, -0.25) is 0 Å². The van der Waals surface area contributed by atoms with Crippen LogP contribution in [0.2, 0.25) is 0 Å². The topological polar surface area (TPSA) is 19.7 Å². The van der Waals surface area contributed by atoms with Crippen LogP contribution in [0.3, 0.4) is 0 Å². The zero-order valence-electron chi connectivity index (χ0n) is 10.1. The zero-order valence-corrected chi connectivity index (χ0v) is 11.7. The normalized spacial score (nSPS) is 10.1. The maximum Gasteiger partial charge on any atom is 0.251 e. The number of unbranched alkanes of at least 4 members (excludes halogenated alkanes) is 4. The van der Waals surface area contributed by atoms with Crippen LogP contribution in [0.1, 0.15) is 50.5 Å². The summed E-state index contributed by atoms with van der Waals surface area (Å²) in [5, 5.41) is 0. The van der Waals surface area contributed by atoms with Crippen molar-refractivity contribution >= 4 is 0 Å². The Bertz CT molecular complexity index is 269. The summed E-state index contributed by atoms with van der Waals surface area (Å²) in [6.07, 6.45) is 10.2. The van der Waals surface area contributed by atoms with Crippen molar-refractivity contribution in [3.63, 3.8) is 0 Å². The quantitative estimate of drug-likeness (QED) is 0.541. The monoisotopic (exact) mass is 274 g/mol. The molecule has 1 heterocycles. The van der Waals surface area contributed by atoms with E-state index < -0.39 is 0 Å². The van der Waals surface area contributed by atoms with E-state index in [2.05, 4.69) is 36.6 Å².